The van der Waals surface area contributed by atoms with Gasteiger partial charge in [-0.1, -0.05) is 48.5 Å². The molecule has 0 amide bonds. The van der Waals surface area contributed by atoms with E-state index in [-0.39, 0.29) is 25.2 Å². The van der Waals surface area contributed by atoms with Crippen molar-refractivity contribution in [1.29, 1.82) is 0 Å². The Morgan fingerprint density at radius 3 is 1.11 bits per heavy atom. The summed E-state index contributed by atoms with van der Waals surface area (Å²) in [6, 6.07) is 35.8. The van der Waals surface area contributed by atoms with Crippen molar-refractivity contribution in [2.75, 3.05) is 0 Å². The number of nitrogens with one attached hydrogen (secondary N) is 1. The van der Waals surface area contributed by atoms with Gasteiger partial charge in [0.05, 0.1) is 53.1 Å². The normalized spacial score (nSPS) is 11.2. The van der Waals surface area contributed by atoms with E-state index in [0.717, 1.165) is 82.0 Å². The number of H-pyrrole nitrogens is 1. The number of fused-ring (bicyclic) bond motifs is 12. The molecule has 2 N–H and O–H groups in total. The summed E-state index contributed by atoms with van der Waals surface area (Å²) in [5.74, 6) is 0.872. The molecule has 22 heteroatoms. The number of nitrogens with zero attached hydrogens (tertiary/aromatic N) is 7. The summed E-state index contributed by atoms with van der Waals surface area (Å²) >= 11 is 6.75. The first kappa shape index (κ1) is 48.9. The summed E-state index contributed by atoms with van der Waals surface area (Å²) in [6.45, 7) is 0. The first-order valence-electron chi connectivity index (χ1n) is 18.1. The molecule has 7 heterocycles. The fraction of sp³-hybridized carbons (Fsp3) is 0. The van der Waals surface area contributed by atoms with Crippen LogP contribution in [0, 0.1) is 20.5 Å². The number of hydrogen-bond acceptors (Lipinski definition) is 16. The van der Waals surface area contributed by atoms with E-state index in [1.807, 2.05) is 60.7 Å². The van der Waals surface area contributed by atoms with Gasteiger partial charge < -0.3 is 10.1 Å². The van der Waals surface area contributed by atoms with E-state index in [0.29, 0.717) is 14.8 Å². The third kappa shape index (κ3) is 12.4. The standard InChI is InChI=1S/C19H10Br2N4O.2C12H8N2.2ClHO4.Ru/c20-12-7-9(8-13(21)18(12)26)19-24-16-10-3-1-5-22-14(10)15-11(17(16)25-19)4-2-6-23-15;2*1-3-9-5-6-10-4-2-8-14-12(10)11(9)13-7-1;2*2-1(3,4)5;/h1-8,26H,(H,24,25);2*1-8H;2*(H,2,3,4,5);/q;;;;;+2/p-2. The Kier molecular flexibility index (Phi) is 15.9. The molecule has 0 atom stereocenters. The summed E-state index contributed by atoms with van der Waals surface area (Å²) in [5, 5.41) is 16.4. The quantitative estimate of drug-likeness (QED) is 0.174. The van der Waals surface area contributed by atoms with Crippen molar-refractivity contribution in [3.63, 3.8) is 0 Å². The maximum atomic E-state index is 9.96. The Balaban J connectivity index is 0.000000153. The number of benzene rings is 4. The Bertz CT molecular complexity index is 3100. The number of imidazole rings is 1. The van der Waals surface area contributed by atoms with Gasteiger partial charge in [0.15, 0.2) is 0 Å². The Morgan fingerprint density at radius 2 is 0.738 bits per heavy atom. The zero-order valence-corrected chi connectivity index (χ0v) is 39.0. The number of aromatic nitrogens is 8. The van der Waals surface area contributed by atoms with E-state index in [4.69, 9.17) is 42.3 Å². The van der Waals surface area contributed by atoms with Gasteiger partial charge >= 0.3 is 19.5 Å². The molecule has 65 heavy (non-hydrogen) atoms. The third-order valence-electron chi connectivity index (χ3n) is 9.05. The second kappa shape index (κ2) is 21.2. The van der Waals surface area contributed by atoms with Crippen LogP contribution in [-0.4, -0.2) is 45.0 Å². The van der Waals surface area contributed by atoms with E-state index in [2.05, 4.69) is 115 Å². The SMILES string of the molecule is Oc1c(Br)cc(-c2nc3c4cccnc4c4ncccc4c3[nH]2)cc1Br.[O-][Cl+3]([O-])([O-])[O-].[O-][Cl+3]([O-])([O-])[O-].[Ru+2].c1cnc2c(c1)ccc1cccnc12.c1cnc2c(c1)ccc1cccnc12. The number of aromatic amines is 1. The predicted molar refractivity (Wildman–Crippen MR) is 223 cm³/mol. The molecule has 0 aliphatic heterocycles. The molecule has 17 nitrogen and oxygen atoms in total. The molecule has 328 valence electrons. The van der Waals surface area contributed by atoms with E-state index in [9.17, 15) is 5.11 Å². The van der Waals surface area contributed by atoms with Gasteiger partial charge in [0, 0.05) is 75.1 Å². The van der Waals surface area contributed by atoms with Gasteiger partial charge in [0.1, 0.15) is 11.6 Å². The fourth-order valence-corrected chi connectivity index (χ4v) is 7.73. The summed E-state index contributed by atoms with van der Waals surface area (Å²) in [4.78, 5) is 34.7. The maximum absolute atomic E-state index is 9.96. The smallest absolute Gasteiger partial charge is 0.506 e. The van der Waals surface area contributed by atoms with Crippen molar-refractivity contribution in [3.05, 3.63) is 155 Å². The van der Waals surface area contributed by atoms with Gasteiger partial charge in [-0.2, -0.15) is 0 Å². The van der Waals surface area contributed by atoms with Crippen molar-refractivity contribution >= 4 is 108 Å². The Hall–Kier alpha value is -5.55. The average Bonchev–Trinajstić information content (AvgIpc) is 3.74. The van der Waals surface area contributed by atoms with Crippen LogP contribution in [0.5, 0.6) is 5.75 Å². The van der Waals surface area contributed by atoms with E-state index < -0.39 is 20.5 Å². The second-order valence-corrected chi connectivity index (χ2v) is 16.3. The Morgan fingerprint density at radius 1 is 0.431 bits per heavy atom. The molecule has 0 bridgehead atoms. The minimum absolute atomic E-state index is 0. The van der Waals surface area contributed by atoms with Crippen LogP contribution in [0.1, 0.15) is 0 Å². The fourth-order valence-electron chi connectivity index (χ4n) is 6.54. The monoisotopic (exact) mass is 1130 g/mol. The average molecular weight is 1130 g/mol. The third-order valence-corrected chi connectivity index (χ3v) is 10.3. The van der Waals surface area contributed by atoms with Crippen LogP contribution in [0.2, 0.25) is 0 Å². The van der Waals surface area contributed by atoms with Gasteiger partial charge in [0.2, 0.25) is 0 Å². The van der Waals surface area contributed by atoms with Crippen LogP contribution < -0.4 is 37.3 Å². The molecule has 0 aliphatic carbocycles. The number of phenolic OH excluding ortho intramolecular Hbond substituents is 1. The summed E-state index contributed by atoms with van der Waals surface area (Å²) in [6.07, 6.45) is 10.7. The van der Waals surface area contributed by atoms with Gasteiger partial charge in [-0.05, 0) is 92.5 Å². The Labute approximate surface area is 400 Å². The molecule has 0 saturated heterocycles. The zero-order valence-electron chi connectivity index (χ0n) is 32.6. The van der Waals surface area contributed by atoms with Gasteiger partial charge in [-0.25, -0.2) is 42.3 Å². The number of phenols is 1. The zero-order chi connectivity index (χ0) is 45.6. The molecule has 0 spiro atoms. The van der Waals surface area contributed by atoms with Crippen molar-refractivity contribution in [1.82, 2.24) is 39.9 Å². The molecule has 0 unspecified atom stereocenters. The number of pyridine rings is 6. The van der Waals surface area contributed by atoms with Crippen molar-refractivity contribution in [3.8, 4) is 17.1 Å². The molecule has 11 rings (SSSR count). The topological polar surface area (TPSA) is 311 Å². The minimum Gasteiger partial charge on any atom is -0.506 e. The summed E-state index contributed by atoms with van der Waals surface area (Å²) in [7, 11) is -9.89. The maximum Gasteiger partial charge on any atom is 2.00 e. The van der Waals surface area contributed by atoms with E-state index in [1.165, 1.54) is 0 Å². The molecule has 0 fully saturated rings. The van der Waals surface area contributed by atoms with Gasteiger partial charge in [0.25, 0.3) is 0 Å². The predicted octanol–water partition coefficient (Wildman–Crippen LogP) is 1.61. The number of hydrogen-bond donors (Lipinski definition) is 2. The number of rotatable bonds is 1. The van der Waals surface area contributed by atoms with Gasteiger partial charge in [-0.3, -0.25) is 29.9 Å². The van der Waals surface area contributed by atoms with E-state index >= 15 is 0 Å². The molecule has 0 aliphatic rings. The van der Waals surface area contributed by atoms with Crippen LogP contribution in [0.3, 0.4) is 0 Å². The minimum atomic E-state index is -4.94. The molecule has 0 saturated carbocycles. The van der Waals surface area contributed by atoms with Crippen molar-refractivity contribution in [2.45, 2.75) is 0 Å². The molecule has 11 aromatic rings. The van der Waals surface area contributed by atoms with Crippen LogP contribution in [0.25, 0.3) is 87.8 Å². The first-order chi connectivity index (χ1) is 30.5. The summed E-state index contributed by atoms with van der Waals surface area (Å²) in [5.41, 5.74) is 8.22. The van der Waals surface area contributed by atoms with Crippen molar-refractivity contribution < 1.29 is 82.3 Å². The van der Waals surface area contributed by atoms with Crippen LogP contribution >= 0.6 is 31.9 Å². The largest absolute Gasteiger partial charge is 2.00 e. The number of halogens is 4. The number of aromatic hydroxyl groups is 1. The molecule has 4 aromatic carbocycles. The van der Waals surface area contributed by atoms with Crippen LogP contribution in [0.4, 0.5) is 0 Å². The molecular formula is C43H26Br2Cl2N8O9Ru. The van der Waals surface area contributed by atoms with Crippen LogP contribution in [0.15, 0.2) is 155 Å². The summed E-state index contributed by atoms with van der Waals surface area (Å²) < 4.78 is 69.1. The molecule has 0 radical (unpaired) electrons. The van der Waals surface area contributed by atoms with Crippen LogP contribution in [-0.2, 0) is 19.5 Å². The first-order valence-corrected chi connectivity index (χ1v) is 22.2. The molecule has 7 aromatic heterocycles. The van der Waals surface area contributed by atoms with E-state index in [1.54, 1.807) is 37.2 Å². The molecular weight excluding hydrogens is 1100 g/mol. The van der Waals surface area contributed by atoms with Crippen molar-refractivity contribution in [2.24, 2.45) is 0 Å². The second-order valence-electron chi connectivity index (χ2n) is 13.1. The van der Waals surface area contributed by atoms with Gasteiger partial charge in [-0.15, -0.1) is 20.5 Å².